The van der Waals surface area contributed by atoms with Crippen LogP contribution in [0.5, 0.6) is 0 Å². The van der Waals surface area contributed by atoms with E-state index in [1.54, 1.807) is 42.5 Å². The van der Waals surface area contributed by atoms with E-state index < -0.39 is 10.0 Å². The summed E-state index contributed by atoms with van der Waals surface area (Å²) in [7, 11) is -3.68. The van der Waals surface area contributed by atoms with Crippen LogP contribution < -0.4 is 10.0 Å². The quantitative estimate of drug-likeness (QED) is 0.682. The van der Waals surface area contributed by atoms with Gasteiger partial charge in [-0.1, -0.05) is 30.3 Å². The van der Waals surface area contributed by atoms with Crippen molar-refractivity contribution < 1.29 is 13.2 Å². The third-order valence-electron chi connectivity index (χ3n) is 4.79. The standard InChI is InChI=1S/C22H20N2O3S/c25-22(18-13-12-16-6-4-7-17(16)14-18)23-19-8-5-9-20(15-19)24-28(26,27)21-10-2-1-3-11-21/h1-3,5,8-15,24H,4,6-7H2,(H,23,25). The molecule has 1 amide bonds. The second-order valence-electron chi connectivity index (χ2n) is 6.79. The molecular weight excluding hydrogens is 372 g/mol. The number of rotatable bonds is 5. The summed E-state index contributed by atoms with van der Waals surface area (Å²) in [6.07, 6.45) is 3.21. The van der Waals surface area contributed by atoms with Crippen LogP contribution in [0.2, 0.25) is 0 Å². The summed E-state index contributed by atoms with van der Waals surface area (Å²) in [5.41, 5.74) is 4.07. The maximum atomic E-state index is 12.6. The number of nitrogens with one attached hydrogen (secondary N) is 2. The predicted molar refractivity (Wildman–Crippen MR) is 110 cm³/mol. The first kappa shape index (κ1) is 18.3. The van der Waals surface area contributed by atoms with Crippen LogP contribution in [0.25, 0.3) is 0 Å². The molecular formula is C22H20N2O3S. The van der Waals surface area contributed by atoms with E-state index in [0.717, 1.165) is 19.3 Å². The molecule has 0 unspecified atom stereocenters. The Morgan fingerprint density at radius 3 is 2.36 bits per heavy atom. The van der Waals surface area contributed by atoms with Crippen LogP contribution in [-0.4, -0.2) is 14.3 Å². The van der Waals surface area contributed by atoms with E-state index in [0.29, 0.717) is 16.9 Å². The maximum absolute atomic E-state index is 12.6. The van der Waals surface area contributed by atoms with Crippen LogP contribution in [0.3, 0.4) is 0 Å². The molecule has 0 aromatic heterocycles. The van der Waals surface area contributed by atoms with Crippen LogP contribution in [0, 0.1) is 0 Å². The van der Waals surface area contributed by atoms with Gasteiger partial charge in [0.05, 0.1) is 10.6 Å². The number of hydrogen-bond donors (Lipinski definition) is 2. The average Bonchev–Trinajstić information content (AvgIpc) is 3.16. The normalized spacial score (nSPS) is 13.0. The van der Waals surface area contributed by atoms with Crippen LogP contribution in [0.1, 0.15) is 27.9 Å². The number of carbonyl (C=O) groups is 1. The SMILES string of the molecule is O=C(Nc1cccc(NS(=O)(=O)c2ccccc2)c1)c1ccc2c(c1)CCC2. The topological polar surface area (TPSA) is 75.3 Å². The minimum absolute atomic E-state index is 0.183. The van der Waals surface area contributed by atoms with E-state index in [1.807, 2.05) is 18.2 Å². The third kappa shape index (κ3) is 3.92. The Morgan fingerprint density at radius 1 is 0.786 bits per heavy atom. The monoisotopic (exact) mass is 392 g/mol. The number of amides is 1. The zero-order valence-electron chi connectivity index (χ0n) is 15.2. The Labute approximate surface area is 164 Å². The van der Waals surface area contributed by atoms with Gasteiger partial charge in [0.25, 0.3) is 15.9 Å². The number of fused-ring (bicyclic) bond motifs is 1. The fourth-order valence-corrected chi connectivity index (χ4v) is 4.46. The number of hydrogen-bond acceptors (Lipinski definition) is 3. The van der Waals surface area contributed by atoms with Crippen molar-refractivity contribution >= 4 is 27.3 Å². The summed E-state index contributed by atoms with van der Waals surface area (Å²) >= 11 is 0. The summed E-state index contributed by atoms with van der Waals surface area (Å²) in [6.45, 7) is 0. The van der Waals surface area contributed by atoms with E-state index in [4.69, 9.17) is 0 Å². The minimum Gasteiger partial charge on any atom is -0.322 e. The fourth-order valence-electron chi connectivity index (χ4n) is 3.39. The van der Waals surface area contributed by atoms with E-state index in [9.17, 15) is 13.2 Å². The van der Waals surface area contributed by atoms with E-state index in [1.165, 1.54) is 23.3 Å². The molecule has 6 heteroatoms. The van der Waals surface area contributed by atoms with Gasteiger partial charge in [0.2, 0.25) is 0 Å². The van der Waals surface area contributed by atoms with Crippen LogP contribution in [0.4, 0.5) is 11.4 Å². The molecule has 0 bridgehead atoms. The van der Waals surface area contributed by atoms with Crippen LogP contribution in [0.15, 0.2) is 77.7 Å². The van der Waals surface area contributed by atoms with Gasteiger partial charge in [0.1, 0.15) is 0 Å². The lowest BCUT2D eigenvalue weighted by atomic mass is 10.1. The lowest BCUT2D eigenvalue weighted by Gasteiger charge is -2.11. The first-order valence-electron chi connectivity index (χ1n) is 9.12. The van der Waals surface area contributed by atoms with Crippen molar-refractivity contribution in [2.24, 2.45) is 0 Å². The maximum Gasteiger partial charge on any atom is 0.261 e. The molecule has 3 aromatic rings. The summed E-state index contributed by atoms with van der Waals surface area (Å²) in [5, 5.41) is 2.84. The number of sulfonamides is 1. The van der Waals surface area contributed by atoms with Gasteiger partial charge in [-0.25, -0.2) is 8.42 Å². The molecule has 28 heavy (non-hydrogen) atoms. The third-order valence-corrected chi connectivity index (χ3v) is 6.18. The molecule has 0 aliphatic heterocycles. The molecule has 1 aliphatic rings. The molecule has 5 nitrogen and oxygen atoms in total. The lowest BCUT2D eigenvalue weighted by molar-refractivity contribution is 0.102. The largest absolute Gasteiger partial charge is 0.322 e. The molecule has 2 N–H and O–H groups in total. The van der Waals surface area contributed by atoms with Crippen LogP contribution in [-0.2, 0) is 22.9 Å². The van der Waals surface area contributed by atoms with Gasteiger partial charge in [-0.3, -0.25) is 9.52 Å². The van der Waals surface area contributed by atoms with Gasteiger partial charge in [-0.2, -0.15) is 0 Å². The zero-order chi connectivity index (χ0) is 19.6. The zero-order valence-corrected chi connectivity index (χ0v) is 16.0. The Balaban J connectivity index is 1.50. The minimum atomic E-state index is -3.68. The van der Waals surface area contributed by atoms with Crippen molar-refractivity contribution in [3.05, 3.63) is 89.5 Å². The molecule has 0 saturated carbocycles. The predicted octanol–water partition coefficient (Wildman–Crippen LogP) is 4.23. The molecule has 4 rings (SSSR count). The van der Waals surface area contributed by atoms with Gasteiger partial charge in [0, 0.05) is 11.3 Å². The Hall–Kier alpha value is -3.12. The van der Waals surface area contributed by atoms with Gasteiger partial charge < -0.3 is 5.32 Å². The first-order valence-corrected chi connectivity index (χ1v) is 10.6. The first-order chi connectivity index (χ1) is 13.5. The highest BCUT2D eigenvalue weighted by Gasteiger charge is 2.16. The number of aryl methyl sites for hydroxylation is 2. The lowest BCUT2D eigenvalue weighted by Crippen LogP contribution is -2.14. The van der Waals surface area contributed by atoms with Gasteiger partial charge in [0.15, 0.2) is 0 Å². The highest BCUT2D eigenvalue weighted by atomic mass is 32.2. The summed E-state index contributed by atoms with van der Waals surface area (Å²) in [6, 6.07) is 20.6. The highest BCUT2D eigenvalue weighted by molar-refractivity contribution is 7.92. The molecule has 3 aromatic carbocycles. The number of benzene rings is 3. The average molecular weight is 392 g/mol. The van der Waals surface area contributed by atoms with Gasteiger partial charge in [-0.05, 0) is 72.9 Å². The van der Waals surface area contributed by atoms with Crippen molar-refractivity contribution in [1.82, 2.24) is 0 Å². The molecule has 1 aliphatic carbocycles. The molecule has 0 saturated heterocycles. The van der Waals surface area contributed by atoms with Gasteiger partial charge >= 0.3 is 0 Å². The second kappa shape index (κ2) is 7.48. The second-order valence-corrected chi connectivity index (χ2v) is 8.47. The summed E-state index contributed by atoms with van der Waals surface area (Å²) in [5.74, 6) is -0.210. The molecule has 0 atom stereocenters. The van der Waals surface area contributed by atoms with Crippen LogP contribution >= 0.6 is 0 Å². The molecule has 0 spiro atoms. The van der Waals surface area contributed by atoms with Crippen molar-refractivity contribution in [3.63, 3.8) is 0 Å². The number of carbonyl (C=O) groups excluding carboxylic acids is 1. The number of anilines is 2. The van der Waals surface area contributed by atoms with E-state index >= 15 is 0 Å². The Morgan fingerprint density at radius 2 is 1.54 bits per heavy atom. The smallest absolute Gasteiger partial charge is 0.261 e. The van der Waals surface area contributed by atoms with Crippen molar-refractivity contribution in [2.75, 3.05) is 10.0 Å². The molecule has 142 valence electrons. The molecule has 0 radical (unpaired) electrons. The Bertz CT molecular complexity index is 1130. The Kier molecular flexibility index (Phi) is 4.88. The van der Waals surface area contributed by atoms with Crippen molar-refractivity contribution in [3.8, 4) is 0 Å². The van der Waals surface area contributed by atoms with E-state index in [2.05, 4.69) is 10.0 Å². The van der Waals surface area contributed by atoms with Crippen molar-refractivity contribution in [1.29, 1.82) is 0 Å². The molecule has 0 heterocycles. The van der Waals surface area contributed by atoms with E-state index in [-0.39, 0.29) is 10.8 Å². The van der Waals surface area contributed by atoms with Crippen molar-refractivity contribution in [2.45, 2.75) is 24.2 Å². The van der Waals surface area contributed by atoms with Gasteiger partial charge in [-0.15, -0.1) is 0 Å². The summed E-state index contributed by atoms with van der Waals surface area (Å²) < 4.78 is 27.5. The fraction of sp³-hybridized carbons (Fsp3) is 0.136. The molecule has 0 fully saturated rings. The highest BCUT2D eigenvalue weighted by Crippen LogP contribution is 2.24. The summed E-state index contributed by atoms with van der Waals surface area (Å²) in [4.78, 5) is 12.8.